The highest BCUT2D eigenvalue weighted by Crippen LogP contribution is 2.32. The van der Waals surface area contributed by atoms with Crippen LogP contribution in [0.2, 0.25) is 0 Å². The van der Waals surface area contributed by atoms with Gasteiger partial charge in [-0.3, -0.25) is 4.57 Å². The lowest BCUT2D eigenvalue weighted by molar-refractivity contribution is 0.691. The van der Waals surface area contributed by atoms with Crippen molar-refractivity contribution >= 4 is 27.4 Å². The van der Waals surface area contributed by atoms with Crippen molar-refractivity contribution in [3.63, 3.8) is 0 Å². The van der Waals surface area contributed by atoms with E-state index in [1.807, 2.05) is 13.8 Å². The summed E-state index contributed by atoms with van der Waals surface area (Å²) in [6.45, 7) is 4.39. The SMILES string of the molecule is Cc1sc2nc(Cn3ccn(C)c3=O)nc(NN)c2c1C. The number of fused-ring (bicyclic) bond motifs is 1. The molecule has 110 valence electrons. The van der Waals surface area contributed by atoms with Crippen LogP contribution in [0.3, 0.4) is 0 Å². The fraction of sp³-hybridized carbons (Fsp3) is 0.308. The van der Waals surface area contributed by atoms with E-state index in [-0.39, 0.29) is 5.69 Å². The van der Waals surface area contributed by atoms with Gasteiger partial charge in [0.05, 0.1) is 11.9 Å². The molecule has 0 fully saturated rings. The Hall–Kier alpha value is -2.19. The molecule has 3 heterocycles. The minimum absolute atomic E-state index is 0.0977. The molecule has 8 heteroatoms. The third kappa shape index (κ3) is 2.22. The van der Waals surface area contributed by atoms with Gasteiger partial charge in [0.15, 0.2) is 11.6 Å². The van der Waals surface area contributed by atoms with Gasteiger partial charge in [-0.1, -0.05) is 0 Å². The lowest BCUT2D eigenvalue weighted by Gasteiger charge is -2.06. The van der Waals surface area contributed by atoms with Gasteiger partial charge in [0.25, 0.3) is 0 Å². The Morgan fingerprint density at radius 1 is 1.33 bits per heavy atom. The maximum absolute atomic E-state index is 11.9. The van der Waals surface area contributed by atoms with Crippen LogP contribution in [0, 0.1) is 13.8 Å². The van der Waals surface area contributed by atoms with E-state index in [9.17, 15) is 4.79 Å². The second-order valence-electron chi connectivity index (χ2n) is 4.92. The van der Waals surface area contributed by atoms with Gasteiger partial charge in [-0.15, -0.1) is 11.3 Å². The van der Waals surface area contributed by atoms with Crippen molar-refractivity contribution in [2.75, 3.05) is 5.43 Å². The van der Waals surface area contributed by atoms with Crippen LogP contribution >= 0.6 is 11.3 Å². The average Bonchev–Trinajstić information content (AvgIpc) is 2.92. The molecule has 0 unspecified atom stereocenters. The number of aryl methyl sites for hydroxylation is 3. The molecule has 21 heavy (non-hydrogen) atoms. The Morgan fingerprint density at radius 2 is 2.10 bits per heavy atom. The minimum atomic E-state index is -0.0977. The molecule has 3 aromatic heterocycles. The van der Waals surface area contributed by atoms with Gasteiger partial charge in [0.2, 0.25) is 0 Å². The molecular weight excluding hydrogens is 288 g/mol. The van der Waals surface area contributed by atoms with E-state index < -0.39 is 0 Å². The van der Waals surface area contributed by atoms with Crippen LogP contribution in [0.15, 0.2) is 17.2 Å². The van der Waals surface area contributed by atoms with Crippen molar-refractivity contribution < 1.29 is 0 Å². The Balaban J connectivity index is 2.12. The van der Waals surface area contributed by atoms with Gasteiger partial charge in [0, 0.05) is 24.3 Å². The highest BCUT2D eigenvalue weighted by molar-refractivity contribution is 7.18. The van der Waals surface area contributed by atoms with Crippen LogP contribution in [-0.4, -0.2) is 19.1 Å². The molecule has 0 bridgehead atoms. The van der Waals surface area contributed by atoms with Crippen molar-refractivity contribution in [3.8, 4) is 0 Å². The van der Waals surface area contributed by atoms with Gasteiger partial charge in [-0.25, -0.2) is 20.6 Å². The molecule has 0 aliphatic rings. The monoisotopic (exact) mass is 304 g/mol. The molecule has 0 amide bonds. The molecule has 3 aromatic rings. The smallest absolute Gasteiger partial charge is 0.308 e. The number of hydrazine groups is 1. The number of nitrogens with one attached hydrogen (secondary N) is 1. The van der Waals surface area contributed by atoms with E-state index in [1.165, 1.54) is 9.44 Å². The van der Waals surface area contributed by atoms with Gasteiger partial charge in [-0.05, 0) is 19.4 Å². The van der Waals surface area contributed by atoms with Crippen molar-refractivity contribution in [3.05, 3.63) is 39.1 Å². The fourth-order valence-electron chi connectivity index (χ4n) is 2.25. The summed E-state index contributed by atoms with van der Waals surface area (Å²) in [4.78, 5) is 22.9. The maximum Gasteiger partial charge on any atom is 0.328 e. The lowest BCUT2D eigenvalue weighted by Crippen LogP contribution is -2.23. The average molecular weight is 304 g/mol. The second kappa shape index (κ2) is 4.97. The van der Waals surface area contributed by atoms with Crippen molar-refractivity contribution in [1.82, 2.24) is 19.1 Å². The highest BCUT2D eigenvalue weighted by Gasteiger charge is 2.14. The fourth-order valence-corrected chi connectivity index (χ4v) is 3.30. The molecule has 0 saturated carbocycles. The number of nitrogens with two attached hydrogens (primary N) is 1. The van der Waals surface area contributed by atoms with E-state index in [0.29, 0.717) is 18.2 Å². The molecule has 3 rings (SSSR count). The van der Waals surface area contributed by atoms with Gasteiger partial charge in [-0.2, -0.15) is 0 Å². The Kier molecular flexibility index (Phi) is 3.26. The summed E-state index contributed by atoms with van der Waals surface area (Å²) in [5.41, 5.74) is 3.67. The zero-order chi connectivity index (χ0) is 15.1. The lowest BCUT2D eigenvalue weighted by atomic mass is 10.2. The number of hydrogen-bond donors (Lipinski definition) is 2. The number of thiophene rings is 1. The summed E-state index contributed by atoms with van der Waals surface area (Å²) in [7, 11) is 1.71. The van der Waals surface area contributed by atoms with Crippen molar-refractivity contribution in [2.24, 2.45) is 12.9 Å². The van der Waals surface area contributed by atoms with E-state index in [4.69, 9.17) is 5.84 Å². The molecule has 0 atom stereocenters. The molecular formula is C13H16N6OS. The third-order valence-electron chi connectivity index (χ3n) is 3.54. The van der Waals surface area contributed by atoms with Crippen LogP contribution < -0.4 is 17.0 Å². The topological polar surface area (TPSA) is 90.8 Å². The third-order valence-corrected chi connectivity index (χ3v) is 4.64. The van der Waals surface area contributed by atoms with Crippen LogP contribution in [0.1, 0.15) is 16.3 Å². The highest BCUT2D eigenvalue weighted by atomic mass is 32.1. The number of hydrogen-bond acceptors (Lipinski definition) is 6. The molecule has 0 aliphatic heterocycles. The molecule has 0 spiro atoms. The molecule has 3 N–H and O–H groups in total. The van der Waals surface area contributed by atoms with Crippen LogP contribution in [0.4, 0.5) is 5.82 Å². The first-order chi connectivity index (χ1) is 10.0. The summed E-state index contributed by atoms with van der Waals surface area (Å²) < 4.78 is 3.08. The molecule has 0 radical (unpaired) electrons. The summed E-state index contributed by atoms with van der Waals surface area (Å²) in [5, 5.41) is 0.948. The number of imidazole rings is 1. The van der Waals surface area contributed by atoms with Crippen LogP contribution in [-0.2, 0) is 13.6 Å². The van der Waals surface area contributed by atoms with Gasteiger partial charge < -0.3 is 9.99 Å². The van der Waals surface area contributed by atoms with Gasteiger partial charge >= 0.3 is 5.69 Å². The van der Waals surface area contributed by atoms with Crippen molar-refractivity contribution in [2.45, 2.75) is 20.4 Å². The number of nitrogen functional groups attached to an aromatic ring is 1. The van der Waals surface area contributed by atoms with Crippen LogP contribution in [0.5, 0.6) is 0 Å². The molecule has 0 aliphatic carbocycles. The summed E-state index contributed by atoms with van der Waals surface area (Å²) >= 11 is 1.60. The molecule has 7 nitrogen and oxygen atoms in total. The summed E-state index contributed by atoms with van der Waals surface area (Å²) in [5.74, 6) is 6.74. The second-order valence-corrected chi connectivity index (χ2v) is 6.12. The van der Waals surface area contributed by atoms with Gasteiger partial charge in [0.1, 0.15) is 4.83 Å². The molecule has 0 aromatic carbocycles. The minimum Gasteiger partial charge on any atom is -0.308 e. The first-order valence-corrected chi connectivity index (χ1v) is 7.28. The Bertz CT molecular complexity index is 875. The zero-order valence-corrected chi connectivity index (χ0v) is 12.9. The van der Waals surface area contributed by atoms with E-state index >= 15 is 0 Å². The first kappa shape index (κ1) is 13.8. The van der Waals surface area contributed by atoms with Crippen molar-refractivity contribution in [1.29, 1.82) is 0 Å². The van der Waals surface area contributed by atoms with E-state index in [0.717, 1.165) is 15.8 Å². The Labute approximate surface area is 125 Å². The first-order valence-electron chi connectivity index (χ1n) is 6.46. The Morgan fingerprint density at radius 3 is 2.71 bits per heavy atom. The predicted octanol–water partition coefficient (Wildman–Crippen LogP) is 1.14. The maximum atomic E-state index is 11.9. The number of nitrogens with zero attached hydrogens (tertiary/aromatic N) is 4. The van der Waals surface area contributed by atoms with Crippen LogP contribution in [0.25, 0.3) is 10.2 Å². The largest absolute Gasteiger partial charge is 0.328 e. The number of anilines is 1. The number of aromatic nitrogens is 4. The van der Waals surface area contributed by atoms with E-state index in [1.54, 1.807) is 35.3 Å². The summed E-state index contributed by atoms with van der Waals surface area (Å²) in [6.07, 6.45) is 3.43. The quantitative estimate of drug-likeness (QED) is 0.559. The molecule has 0 saturated heterocycles. The zero-order valence-electron chi connectivity index (χ0n) is 12.0. The van der Waals surface area contributed by atoms with E-state index in [2.05, 4.69) is 15.4 Å². The standard InChI is InChI=1S/C13H16N6OS/c1-7-8(2)21-12-10(7)11(17-14)15-9(16-12)6-19-5-4-18(3)13(19)20/h4-5H,6,14H2,1-3H3,(H,15,16,17). The predicted molar refractivity (Wildman–Crippen MR) is 83.5 cm³/mol. The number of rotatable bonds is 3. The normalized spacial score (nSPS) is 11.2. The summed E-state index contributed by atoms with van der Waals surface area (Å²) in [6, 6.07) is 0.